The van der Waals surface area contributed by atoms with Crippen LogP contribution < -0.4 is 0 Å². The molecule has 0 atom stereocenters. The van der Waals surface area contributed by atoms with E-state index in [1.807, 2.05) is 23.1 Å². The van der Waals surface area contributed by atoms with E-state index >= 15 is 0 Å². The summed E-state index contributed by atoms with van der Waals surface area (Å²) in [6.07, 6.45) is 3.86. The molecule has 16 heavy (non-hydrogen) atoms. The topological polar surface area (TPSA) is 33.6 Å². The van der Waals surface area contributed by atoms with Crippen molar-refractivity contribution in [2.75, 3.05) is 0 Å². The van der Waals surface area contributed by atoms with E-state index in [-0.39, 0.29) is 0 Å². The van der Waals surface area contributed by atoms with Crippen molar-refractivity contribution >= 4 is 33.5 Å². The first-order valence-corrected chi connectivity index (χ1v) is 6.11. The van der Waals surface area contributed by atoms with Crippen LogP contribution >= 0.6 is 22.6 Å². The number of H-pyrrole nitrogens is 1. The van der Waals surface area contributed by atoms with Crippen LogP contribution in [0.1, 0.15) is 5.56 Å². The van der Waals surface area contributed by atoms with Gasteiger partial charge in [-0.1, -0.05) is 18.2 Å². The lowest BCUT2D eigenvalue weighted by atomic mass is 10.2. The Balaban J connectivity index is 2.28. The molecule has 2 aromatic heterocycles. The maximum Gasteiger partial charge on any atom is 0.135 e. The highest BCUT2D eigenvalue weighted by Crippen LogP contribution is 2.23. The number of hydrogen-bond donors (Lipinski definition) is 1. The van der Waals surface area contributed by atoms with Gasteiger partial charge in [0.25, 0.3) is 0 Å². The second kappa shape index (κ2) is 3.62. The van der Waals surface area contributed by atoms with E-state index in [1.165, 1.54) is 10.9 Å². The van der Waals surface area contributed by atoms with E-state index < -0.39 is 0 Å². The minimum atomic E-state index is 1.05. The number of fused-ring (bicyclic) bond motifs is 1. The van der Waals surface area contributed by atoms with Gasteiger partial charge >= 0.3 is 0 Å². The molecule has 80 valence electrons. The molecule has 1 aromatic carbocycles. The van der Waals surface area contributed by atoms with Crippen molar-refractivity contribution in [2.24, 2.45) is 0 Å². The van der Waals surface area contributed by atoms with Crippen molar-refractivity contribution < 1.29 is 0 Å². The van der Waals surface area contributed by atoms with Crippen molar-refractivity contribution in [3.8, 4) is 5.82 Å². The van der Waals surface area contributed by atoms with E-state index in [4.69, 9.17) is 0 Å². The van der Waals surface area contributed by atoms with Gasteiger partial charge in [0.15, 0.2) is 0 Å². The zero-order valence-corrected chi connectivity index (χ0v) is 10.9. The summed E-state index contributed by atoms with van der Waals surface area (Å²) in [6.45, 7) is 2.11. The lowest BCUT2D eigenvalue weighted by Crippen LogP contribution is -1.96. The smallest absolute Gasteiger partial charge is 0.135 e. The summed E-state index contributed by atoms with van der Waals surface area (Å²) in [6, 6.07) is 8.30. The third-order valence-electron chi connectivity index (χ3n) is 2.72. The molecule has 3 aromatic rings. The summed E-state index contributed by atoms with van der Waals surface area (Å²) in [4.78, 5) is 3.39. The van der Waals surface area contributed by atoms with Crippen LogP contribution in [0.2, 0.25) is 0 Å². The number of aromatic nitrogens is 3. The van der Waals surface area contributed by atoms with Gasteiger partial charge in [-0.05, 0) is 35.6 Å². The van der Waals surface area contributed by atoms with Crippen LogP contribution in [-0.2, 0) is 0 Å². The molecule has 0 aliphatic rings. The predicted molar refractivity (Wildman–Crippen MR) is 72.9 cm³/mol. The number of aromatic amines is 1. The largest absolute Gasteiger partial charge is 0.339 e. The van der Waals surface area contributed by atoms with E-state index in [9.17, 15) is 0 Å². The minimum Gasteiger partial charge on any atom is -0.339 e. The van der Waals surface area contributed by atoms with Gasteiger partial charge in [0.1, 0.15) is 5.82 Å². The molecule has 0 amide bonds. The van der Waals surface area contributed by atoms with Crippen LogP contribution in [0.4, 0.5) is 0 Å². The summed E-state index contributed by atoms with van der Waals surface area (Å²) in [5.74, 6) is 1.05. The second-order valence-corrected chi connectivity index (χ2v) is 4.99. The Morgan fingerprint density at radius 2 is 2.12 bits per heavy atom. The average molecular weight is 323 g/mol. The predicted octanol–water partition coefficient (Wildman–Crippen LogP) is 3.27. The van der Waals surface area contributed by atoms with Gasteiger partial charge < -0.3 is 4.98 Å². The van der Waals surface area contributed by atoms with Gasteiger partial charge in [-0.2, -0.15) is 5.10 Å². The van der Waals surface area contributed by atoms with Crippen molar-refractivity contribution in [1.29, 1.82) is 0 Å². The highest BCUT2D eigenvalue weighted by molar-refractivity contribution is 14.1. The van der Waals surface area contributed by atoms with Gasteiger partial charge in [0, 0.05) is 22.7 Å². The molecule has 3 rings (SSSR count). The molecule has 0 saturated carbocycles. The maximum absolute atomic E-state index is 4.32. The number of halogens is 1. The first kappa shape index (κ1) is 9.89. The number of nitrogens with zero attached hydrogens (tertiary/aromatic N) is 2. The van der Waals surface area contributed by atoms with E-state index in [0.29, 0.717) is 0 Å². The van der Waals surface area contributed by atoms with Gasteiger partial charge in [0.05, 0.1) is 9.77 Å². The summed E-state index contributed by atoms with van der Waals surface area (Å²) in [5.41, 5.74) is 2.38. The van der Waals surface area contributed by atoms with Gasteiger partial charge in [-0.3, -0.25) is 0 Å². The van der Waals surface area contributed by atoms with Gasteiger partial charge in [-0.15, -0.1) is 0 Å². The molecule has 1 N–H and O–H groups in total. The fraction of sp³-hybridized carbons (Fsp3) is 0.0833. The van der Waals surface area contributed by atoms with Crippen LogP contribution in [-0.4, -0.2) is 14.8 Å². The number of benzene rings is 1. The summed E-state index contributed by atoms with van der Waals surface area (Å²) in [7, 11) is 0. The van der Waals surface area contributed by atoms with Gasteiger partial charge in [-0.25, -0.2) is 4.68 Å². The SMILES string of the molecule is Cc1c(-n2cc(I)cn2)[nH]c2ccccc12. The molecule has 0 fully saturated rings. The Morgan fingerprint density at radius 1 is 1.31 bits per heavy atom. The highest BCUT2D eigenvalue weighted by atomic mass is 127. The van der Waals surface area contributed by atoms with Crippen LogP contribution in [0.5, 0.6) is 0 Å². The Kier molecular flexibility index (Phi) is 2.24. The molecule has 3 nitrogen and oxygen atoms in total. The molecule has 0 aliphatic carbocycles. The Bertz CT molecular complexity index is 651. The average Bonchev–Trinajstić information content (AvgIpc) is 2.84. The Hall–Kier alpha value is -1.30. The molecule has 0 aliphatic heterocycles. The Morgan fingerprint density at radius 3 is 2.81 bits per heavy atom. The number of hydrogen-bond acceptors (Lipinski definition) is 1. The number of para-hydroxylation sites is 1. The van der Waals surface area contributed by atoms with Crippen LogP contribution in [0.15, 0.2) is 36.7 Å². The van der Waals surface area contributed by atoms with Gasteiger partial charge in [0.2, 0.25) is 0 Å². The van der Waals surface area contributed by atoms with Crippen LogP contribution in [0, 0.1) is 10.5 Å². The third kappa shape index (κ3) is 1.44. The van der Waals surface area contributed by atoms with E-state index in [2.05, 4.69) is 57.8 Å². The van der Waals surface area contributed by atoms with E-state index in [1.54, 1.807) is 0 Å². The lowest BCUT2D eigenvalue weighted by Gasteiger charge is -1.98. The summed E-state index contributed by atoms with van der Waals surface area (Å²) < 4.78 is 3.02. The second-order valence-electron chi connectivity index (χ2n) is 3.75. The molecule has 0 radical (unpaired) electrons. The molecular formula is C12H10IN3. The first-order valence-electron chi connectivity index (χ1n) is 5.03. The van der Waals surface area contributed by atoms with Crippen molar-refractivity contribution in [1.82, 2.24) is 14.8 Å². The molecule has 0 spiro atoms. The Labute approximate surface area is 107 Å². The number of aryl methyl sites for hydroxylation is 1. The van der Waals surface area contributed by atoms with E-state index in [0.717, 1.165) is 14.9 Å². The number of nitrogens with one attached hydrogen (secondary N) is 1. The van der Waals surface area contributed by atoms with Crippen molar-refractivity contribution in [2.45, 2.75) is 6.92 Å². The zero-order chi connectivity index (χ0) is 11.1. The molecule has 4 heteroatoms. The van der Waals surface area contributed by atoms with Crippen LogP contribution in [0.25, 0.3) is 16.7 Å². The normalized spacial score (nSPS) is 11.1. The fourth-order valence-electron chi connectivity index (χ4n) is 1.92. The monoisotopic (exact) mass is 323 g/mol. The molecular weight excluding hydrogens is 313 g/mol. The molecule has 0 unspecified atom stereocenters. The summed E-state index contributed by atoms with van der Waals surface area (Å²) in [5, 5.41) is 5.57. The lowest BCUT2D eigenvalue weighted by molar-refractivity contribution is 0.851. The number of rotatable bonds is 1. The fourth-order valence-corrected chi connectivity index (χ4v) is 2.31. The molecule has 0 saturated heterocycles. The minimum absolute atomic E-state index is 1.05. The zero-order valence-electron chi connectivity index (χ0n) is 8.74. The van der Waals surface area contributed by atoms with Crippen molar-refractivity contribution in [3.63, 3.8) is 0 Å². The van der Waals surface area contributed by atoms with Crippen molar-refractivity contribution in [3.05, 3.63) is 45.8 Å². The molecule has 0 bridgehead atoms. The summed E-state index contributed by atoms with van der Waals surface area (Å²) >= 11 is 2.26. The standard InChI is InChI=1S/C12H10IN3/c1-8-10-4-2-3-5-11(10)15-12(8)16-7-9(13)6-14-16/h2-7,15H,1H3. The third-order valence-corrected chi connectivity index (χ3v) is 3.28. The highest BCUT2D eigenvalue weighted by Gasteiger charge is 2.09. The molecule has 2 heterocycles. The quantitative estimate of drug-likeness (QED) is 0.685. The van der Waals surface area contributed by atoms with Crippen LogP contribution in [0.3, 0.4) is 0 Å². The maximum atomic E-state index is 4.32. The first-order chi connectivity index (χ1) is 7.75.